The molecule has 0 radical (unpaired) electrons. The van der Waals surface area contributed by atoms with E-state index in [-0.39, 0.29) is 6.61 Å². The molecule has 1 fully saturated rings. The zero-order valence-electron chi connectivity index (χ0n) is 14.0. The third kappa shape index (κ3) is 3.98. The van der Waals surface area contributed by atoms with Crippen LogP contribution in [0.2, 0.25) is 5.02 Å². The fourth-order valence-electron chi connectivity index (χ4n) is 3.10. The van der Waals surface area contributed by atoms with Gasteiger partial charge in [-0.3, -0.25) is 9.80 Å². The Kier molecular flexibility index (Phi) is 5.89. The van der Waals surface area contributed by atoms with E-state index in [4.69, 9.17) is 26.4 Å². The molecule has 1 N–H and O–H groups in total. The number of ether oxygens (including phenoxy) is 1. The molecule has 0 unspecified atom stereocenters. The first-order valence-electron chi connectivity index (χ1n) is 8.47. The smallest absolute Gasteiger partial charge is 0.145 e. The molecule has 0 aliphatic carbocycles. The molecule has 3 rings (SSSR count). The molecule has 24 heavy (non-hydrogen) atoms. The molecule has 130 valence electrons. The number of aromatic nitrogens is 1. The molecule has 0 saturated carbocycles. The number of pyridine rings is 1. The zero-order chi connectivity index (χ0) is 16.9. The summed E-state index contributed by atoms with van der Waals surface area (Å²) in [5, 5.41) is 10.7. The summed E-state index contributed by atoms with van der Waals surface area (Å²) in [7, 11) is 0. The van der Waals surface area contributed by atoms with Crippen molar-refractivity contribution in [3.63, 3.8) is 0 Å². The Balaban J connectivity index is 1.75. The van der Waals surface area contributed by atoms with Crippen molar-refractivity contribution in [2.45, 2.75) is 13.5 Å². The number of halogens is 1. The molecule has 2 heterocycles. The van der Waals surface area contributed by atoms with Gasteiger partial charge >= 0.3 is 0 Å². The van der Waals surface area contributed by atoms with Crippen LogP contribution in [0.3, 0.4) is 0 Å². The number of hydrogen-bond acceptors (Lipinski definition) is 5. The lowest BCUT2D eigenvalue weighted by atomic mass is 10.1. The van der Waals surface area contributed by atoms with Crippen LogP contribution >= 0.6 is 11.6 Å². The van der Waals surface area contributed by atoms with Crippen molar-refractivity contribution in [2.75, 3.05) is 45.9 Å². The summed E-state index contributed by atoms with van der Waals surface area (Å²) >= 11 is 6.29. The molecule has 2 aromatic rings. The van der Waals surface area contributed by atoms with Gasteiger partial charge in [-0.25, -0.2) is 4.98 Å². The number of rotatable bonds is 6. The number of benzene rings is 1. The monoisotopic (exact) mass is 349 g/mol. The Labute approximate surface area is 147 Å². The summed E-state index contributed by atoms with van der Waals surface area (Å²) in [6, 6.07) is 7.82. The molecule has 1 saturated heterocycles. The van der Waals surface area contributed by atoms with Crippen LogP contribution in [-0.4, -0.2) is 65.8 Å². The molecule has 1 aliphatic rings. The number of fused-ring (bicyclic) bond motifs is 1. The molecule has 6 heteroatoms. The van der Waals surface area contributed by atoms with Gasteiger partial charge < -0.3 is 9.84 Å². The predicted molar refractivity (Wildman–Crippen MR) is 96.7 cm³/mol. The Morgan fingerprint density at radius 1 is 1.12 bits per heavy atom. The maximum Gasteiger partial charge on any atom is 0.145 e. The lowest BCUT2D eigenvalue weighted by Gasteiger charge is -2.34. The van der Waals surface area contributed by atoms with Crippen LogP contribution in [0.25, 0.3) is 10.9 Å². The zero-order valence-corrected chi connectivity index (χ0v) is 14.8. The summed E-state index contributed by atoms with van der Waals surface area (Å²) < 4.78 is 5.69. The summed E-state index contributed by atoms with van der Waals surface area (Å²) in [6.07, 6.45) is 0. The van der Waals surface area contributed by atoms with Gasteiger partial charge in [0.05, 0.1) is 23.9 Å². The highest BCUT2D eigenvalue weighted by Gasteiger charge is 2.17. The first-order valence-corrected chi connectivity index (χ1v) is 8.85. The fraction of sp³-hybridized carbons (Fsp3) is 0.500. The molecule has 0 atom stereocenters. The number of hydrogen-bond donors (Lipinski definition) is 1. The topological polar surface area (TPSA) is 48.8 Å². The second kappa shape index (κ2) is 8.12. The molecule has 1 aromatic carbocycles. The largest absolute Gasteiger partial charge is 0.492 e. The van der Waals surface area contributed by atoms with Crippen molar-refractivity contribution < 1.29 is 9.84 Å². The summed E-state index contributed by atoms with van der Waals surface area (Å²) in [6.45, 7) is 8.35. The number of β-amino-alcohol motifs (C(OH)–C–C–N with tert-alkyl or cyclic N) is 1. The highest BCUT2D eigenvalue weighted by molar-refractivity contribution is 6.35. The van der Waals surface area contributed by atoms with E-state index in [2.05, 4.69) is 9.80 Å². The molecule has 0 bridgehead atoms. The SMILES string of the molecule is CCOc1ccc(Cl)c2ccc(CN3CCN(CCO)CC3)nc12. The summed E-state index contributed by atoms with van der Waals surface area (Å²) in [5.74, 6) is 0.784. The van der Waals surface area contributed by atoms with Crippen molar-refractivity contribution in [3.05, 3.63) is 35.0 Å². The highest BCUT2D eigenvalue weighted by atomic mass is 35.5. The number of aliphatic hydroxyl groups is 1. The van der Waals surface area contributed by atoms with E-state index >= 15 is 0 Å². The van der Waals surface area contributed by atoms with Crippen LogP contribution in [-0.2, 0) is 6.54 Å². The molecule has 0 amide bonds. The van der Waals surface area contributed by atoms with Crippen molar-refractivity contribution in [3.8, 4) is 5.75 Å². The third-order valence-electron chi connectivity index (χ3n) is 4.39. The standard InChI is InChI=1S/C18H24ClN3O2/c1-2-24-17-6-5-16(19)15-4-3-14(20-18(15)17)13-22-9-7-21(8-10-22)11-12-23/h3-6,23H,2,7-13H2,1H3. The first kappa shape index (κ1) is 17.4. The van der Waals surface area contributed by atoms with E-state index in [1.54, 1.807) is 0 Å². The maximum atomic E-state index is 9.02. The Bertz CT molecular complexity index is 687. The Morgan fingerprint density at radius 3 is 2.58 bits per heavy atom. The van der Waals surface area contributed by atoms with Gasteiger partial charge in [-0.05, 0) is 31.2 Å². The van der Waals surface area contributed by atoms with Gasteiger partial charge in [-0.1, -0.05) is 11.6 Å². The van der Waals surface area contributed by atoms with Gasteiger partial charge in [-0.2, -0.15) is 0 Å². The molecule has 0 spiro atoms. The molecule has 1 aliphatic heterocycles. The van der Waals surface area contributed by atoms with Crippen molar-refractivity contribution in [1.29, 1.82) is 0 Å². The van der Waals surface area contributed by atoms with Crippen LogP contribution in [0.5, 0.6) is 5.75 Å². The van der Waals surface area contributed by atoms with Crippen molar-refractivity contribution in [1.82, 2.24) is 14.8 Å². The van der Waals surface area contributed by atoms with E-state index < -0.39 is 0 Å². The van der Waals surface area contributed by atoms with Crippen LogP contribution in [0.15, 0.2) is 24.3 Å². The summed E-state index contributed by atoms with van der Waals surface area (Å²) in [5.41, 5.74) is 1.86. The lowest BCUT2D eigenvalue weighted by molar-refractivity contribution is 0.108. The first-order chi connectivity index (χ1) is 11.7. The average Bonchev–Trinajstić information content (AvgIpc) is 2.60. The number of nitrogens with zero attached hydrogens (tertiary/aromatic N) is 3. The Hall–Kier alpha value is -1.40. The lowest BCUT2D eigenvalue weighted by Crippen LogP contribution is -2.46. The highest BCUT2D eigenvalue weighted by Crippen LogP contribution is 2.30. The average molecular weight is 350 g/mol. The van der Waals surface area contributed by atoms with E-state index in [1.165, 1.54) is 0 Å². The van der Waals surface area contributed by atoms with E-state index in [0.717, 1.165) is 61.6 Å². The number of piperazine rings is 1. The Morgan fingerprint density at radius 2 is 1.88 bits per heavy atom. The van der Waals surface area contributed by atoms with Gasteiger partial charge in [-0.15, -0.1) is 0 Å². The van der Waals surface area contributed by atoms with E-state index in [0.29, 0.717) is 11.6 Å². The summed E-state index contributed by atoms with van der Waals surface area (Å²) in [4.78, 5) is 9.48. The molecule has 1 aromatic heterocycles. The maximum absolute atomic E-state index is 9.02. The van der Waals surface area contributed by atoms with Crippen molar-refractivity contribution >= 4 is 22.5 Å². The molecule has 5 nitrogen and oxygen atoms in total. The minimum atomic E-state index is 0.229. The third-order valence-corrected chi connectivity index (χ3v) is 4.72. The minimum absolute atomic E-state index is 0.229. The normalized spacial score (nSPS) is 16.6. The van der Waals surface area contributed by atoms with Gasteiger partial charge in [0.1, 0.15) is 11.3 Å². The second-order valence-corrected chi connectivity index (χ2v) is 6.43. The van der Waals surface area contributed by atoms with Gasteiger partial charge in [0.2, 0.25) is 0 Å². The van der Waals surface area contributed by atoms with Gasteiger partial charge in [0.25, 0.3) is 0 Å². The molecular formula is C18H24ClN3O2. The minimum Gasteiger partial charge on any atom is -0.492 e. The fourth-order valence-corrected chi connectivity index (χ4v) is 3.31. The second-order valence-electron chi connectivity index (χ2n) is 6.02. The van der Waals surface area contributed by atoms with Crippen LogP contribution in [0.4, 0.5) is 0 Å². The van der Waals surface area contributed by atoms with Crippen molar-refractivity contribution in [2.24, 2.45) is 0 Å². The van der Waals surface area contributed by atoms with Crippen LogP contribution < -0.4 is 4.74 Å². The van der Waals surface area contributed by atoms with E-state index in [1.807, 2.05) is 31.2 Å². The molecular weight excluding hydrogens is 326 g/mol. The van der Waals surface area contributed by atoms with E-state index in [9.17, 15) is 0 Å². The van der Waals surface area contributed by atoms with Gasteiger partial charge in [0.15, 0.2) is 0 Å². The van der Waals surface area contributed by atoms with Crippen LogP contribution in [0, 0.1) is 0 Å². The number of aliphatic hydroxyl groups excluding tert-OH is 1. The quantitative estimate of drug-likeness (QED) is 0.867. The van der Waals surface area contributed by atoms with Gasteiger partial charge in [0, 0.05) is 44.7 Å². The predicted octanol–water partition coefficient (Wildman–Crippen LogP) is 2.40. The van der Waals surface area contributed by atoms with Crippen LogP contribution in [0.1, 0.15) is 12.6 Å².